The first-order valence-electron chi connectivity index (χ1n) is 4.74. The number of nitro groups is 1. The standard InChI is InChI=1S/C10H8F3NO4/c11-10(12,13)9(16)5-8(15)6-1-3-7(4-2-6)14(17)18/h1-4,9,16H,5H2/t9-/m1/s1. The molecule has 0 fully saturated rings. The molecular formula is C10H8F3NO4. The van der Waals surface area contributed by atoms with E-state index in [0.29, 0.717) is 0 Å². The van der Waals surface area contributed by atoms with Crippen LogP contribution in [0, 0.1) is 10.1 Å². The quantitative estimate of drug-likeness (QED) is 0.512. The van der Waals surface area contributed by atoms with Crippen LogP contribution in [-0.2, 0) is 0 Å². The number of halogens is 3. The van der Waals surface area contributed by atoms with E-state index in [2.05, 4.69) is 0 Å². The average Bonchev–Trinajstić information content (AvgIpc) is 2.27. The predicted octanol–water partition coefficient (Wildman–Crippen LogP) is 2.09. The topological polar surface area (TPSA) is 80.4 Å². The number of carbonyl (C=O) groups is 1. The van der Waals surface area contributed by atoms with Gasteiger partial charge in [0.15, 0.2) is 11.9 Å². The van der Waals surface area contributed by atoms with Crippen molar-refractivity contribution in [2.24, 2.45) is 0 Å². The molecule has 0 saturated carbocycles. The molecule has 0 heterocycles. The zero-order chi connectivity index (χ0) is 13.9. The van der Waals surface area contributed by atoms with Gasteiger partial charge in [-0.1, -0.05) is 0 Å². The van der Waals surface area contributed by atoms with E-state index in [9.17, 15) is 28.1 Å². The number of ketones is 1. The molecule has 0 aliphatic carbocycles. The molecule has 0 amide bonds. The third-order valence-corrected chi connectivity index (χ3v) is 2.16. The van der Waals surface area contributed by atoms with E-state index in [-0.39, 0.29) is 11.3 Å². The molecule has 98 valence electrons. The van der Waals surface area contributed by atoms with Crippen molar-refractivity contribution in [2.75, 3.05) is 0 Å². The van der Waals surface area contributed by atoms with Crippen molar-refractivity contribution in [3.63, 3.8) is 0 Å². The first-order chi connectivity index (χ1) is 8.21. The van der Waals surface area contributed by atoms with Crippen molar-refractivity contribution in [1.82, 2.24) is 0 Å². The van der Waals surface area contributed by atoms with Crippen molar-refractivity contribution in [1.29, 1.82) is 0 Å². The Morgan fingerprint density at radius 2 is 1.83 bits per heavy atom. The Kier molecular flexibility index (Phi) is 4.02. The predicted molar refractivity (Wildman–Crippen MR) is 54.1 cm³/mol. The Labute approximate surface area is 99.0 Å². The molecule has 0 radical (unpaired) electrons. The molecule has 5 nitrogen and oxygen atoms in total. The van der Waals surface area contributed by atoms with Crippen LogP contribution >= 0.6 is 0 Å². The van der Waals surface area contributed by atoms with E-state index in [1.807, 2.05) is 0 Å². The Morgan fingerprint density at radius 3 is 2.22 bits per heavy atom. The molecule has 0 saturated heterocycles. The third kappa shape index (κ3) is 3.52. The van der Waals surface area contributed by atoms with Crippen LogP contribution in [0.4, 0.5) is 18.9 Å². The lowest BCUT2D eigenvalue weighted by Crippen LogP contribution is -2.30. The van der Waals surface area contributed by atoms with Crippen molar-refractivity contribution < 1.29 is 28.0 Å². The highest BCUT2D eigenvalue weighted by molar-refractivity contribution is 5.96. The molecule has 0 aliphatic rings. The largest absolute Gasteiger partial charge is 0.414 e. The van der Waals surface area contributed by atoms with Gasteiger partial charge in [0.25, 0.3) is 5.69 Å². The summed E-state index contributed by atoms with van der Waals surface area (Å²) in [4.78, 5) is 21.0. The molecule has 1 N–H and O–H groups in total. The maximum absolute atomic E-state index is 12.0. The molecule has 1 aromatic carbocycles. The maximum atomic E-state index is 12.0. The molecule has 18 heavy (non-hydrogen) atoms. The van der Waals surface area contributed by atoms with Gasteiger partial charge in [0.05, 0.1) is 4.92 Å². The van der Waals surface area contributed by atoms with Crippen LogP contribution in [0.25, 0.3) is 0 Å². The number of alkyl halides is 3. The summed E-state index contributed by atoms with van der Waals surface area (Å²) < 4.78 is 36.0. The summed E-state index contributed by atoms with van der Waals surface area (Å²) in [6.07, 6.45) is -8.71. The number of carbonyl (C=O) groups excluding carboxylic acids is 1. The third-order valence-electron chi connectivity index (χ3n) is 2.16. The number of non-ortho nitro benzene ring substituents is 1. The molecule has 1 atom stereocenters. The molecule has 1 rings (SSSR count). The first-order valence-corrected chi connectivity index (χ1v) is 4.74. The molecule has 0 aromatic heterocycles. The van der Waals surface area contributed by atoms with E-state index in [1.165, 1.54) is 0 Å². The summed E-state index contributed by atoms with van der Waals surface area (Å²) in [5, 5.41) is 19.0. The van der Waals surface area contributed by atoms with Gasteiger partial charge in [0, 0.05) is 24.1 Å². The minimum absolute atomic E-state index is 0.121. The summed E-state index contributed by atoms with van der Waals surface area (Å²) in [5.74, 6) is -0.935. The van der Waals surface area contributed by atoms with E-state index in [4.69, 9.17) is 5.11 Å². The highest BCUT2D eigenvalue weighted by Gasteiger charge is 2.39. The number of nitro benzene ring substituents is 1. The van der Waals surface area contributed by atoms with Gasteiger partial charge in [0.2, 0.25) is 0 Å². The van der Waals surface area contributed by atoms with E-state index >= 15 is 0 Å². The first kappa shape index (κ1) is 14.1. The lowest BCUT2D eigenvalue weighted by molar-refractivity contribution is -0.384. The Bertz CT molecular complexity index is 455. The summed E-state index contributed by atoms with van der Waals surface area (Å²) in [5.41, 5.74) is -0.396. The zero-order valence-electron chi connectivity index (χ0n) is 8.85. The SMILES string of the molecule is O=C(C[C@@H](O)C(F)(F)F)c1ccc([N+](=O)[O-])cc1. The van der Waals surface area contributed by atoms with Gasteiger partial charge in [0.1, 0.15) is 0 Å². The fourth-order valence-electron chi connectivity index (χ4n) is 1.18. The molecular weight excluding hydrogens is 255 g/mol. The van der Waals surface area contributed by atoms with Crippen molar-refractivity contribution in [3.05, 3.63) is 39.9 Å². The van der Waals surface area contributed by atoms with Crippen LogP contribution in [0.5, 0.6) is 0 Å². The molecule has 1 aromatic rings. The number of rotatable bonds is 4. The molecule has 0 unspecified atom stereocenters. The minimum Gasteiger partial charge on any atom is -0.383 e. The maximum Gasteiger partial charge on any atom is 0.414 e. The number of Topliss-reactive ketones (excluding diaryl/α,β-unsaturated/α-hetero) is 1. The summed E-state index contributed by atoms with van der Waals surface area (Å²) in [6.45, 7) is 0. The van der Waals surface area contributed by atoms with Gasteiger partial charge in [-0.2, -0.15) is 13.2 Å². The lowest BCUT2D eigenvalue weighted by Gasteiger charge is -2.13. The molecule has 0 aliphatic heterocycles. The van der Waals surface area contributed by atoms with Crippen LogP contribution in [0.3, 0.4) is 0 Å². The van der Waals surface area contributed by atoms with Gasteiger partial charge in [-0.15, -0.1) is 0 Å². The van der Waals surface area contributed by atoms with Gasteiger partial charge >= 0.3 is 6.18 Å². The number of nitrogens with zero attached hydrogens (tertiary/aromatic N) is 1. The highest BCUT2D eigenvalue weighted by Crippen LogP contribution is 2.24. The number of hydrogen-bond donors (Lipinski definition) is 1. The zero-order valence-corrected chi connectivity index (χ0v) is 8.85. The minimum atomic E-state index is -4.86. The Morgan fingerprint density at radius 1 is 1.33 bits per heavy atom. The van der Waals surface area contributed by atoms with Gasteiger partial charge < -0.3 is 5.11 Å². The summed E-state index contributed by atoms with van der Waals surface area (Å²) >= 11 is 0. The van der Waals surface area contributed by atoms with Crippen LogP contribution in [0.1, 0.15) is 16.8 Å². The van der Waals surface area contributed by atoms with Crippen molar-refractivity contribution in [3.8, 4) is 0 Å². The number of aliphatic hydroxyl groups is 1. The normalized spacial score (nSPS) is 13.1. The molecule has 8 heteroatoms. The van der Waals surface area contributed by atoms with E-state index < -0.39 is 29.4 Å². The number of benzene rings is 1. The lowest BCUT2D eigenvalue weighted by atomic mass is 10.0. The molecule has 0 bridgehead atoms. The summed E-state index contributed by atoms with van der Waals surface area (Å²) in [7, 11) is 0. The fraction of sp³-hybridized carbons (Fsp3) is 0.300. The van der Waals surface area contributed by atoms with Gasteiger partial charge in [-0.05, 0) is 12.1 Å². The van der Waals surface area contributed by atoms with Crippen LogP contribution < -0.4 is 0 Å². The Hall–Kier alpha value is -1.96. The van der Waals surface area contributed by atoms with Crippen LogP contribution in [0.2, 0.25) is 0 Å². The number of aliphatic hydroxyl groups excluding tert-OH is 1. The second kappa shape index (κ2) is 5.13. The second-order valence-electron chi connectivity index (χ2n) is 3.49. The van der Waals surface area contributed by atoms with Gasteiger partial charge in [-0.25, -0.2) is 0 Å². The smallest absolute Gasteiger partial charge is 0.383 e. The van der Waals surface area contributed by atoms with E-state index in [0.717, 1.165) is 24.3 Å². The Balaban J connectivity index is 2.76. The van der Waals surface area contributed by atoms with Crippen molar-refractivity contribution in [2.45, 2.75) is 18.7 Å². The van der Waals surface area contributed by atoms with Crippen LogP contribution in [0.15, 0.2) is 24.3 Å². The highest BCUT2D eigenvalue weighted by atomic mass is 19.4. The van der Waals surface area contributed by atoms with Crippen molar-refractivity contribution >= 4 is 11.5 Å². The van der Waals surface area contributed by atoms with Gasteiger partial charge in [-0.3, -0.25) is 14.9 Å². The van der Waals surface area contributed by atoms with Crippen LogP contribution in [-0.4, -0.2) is 28.1 Å². The monoisotopic (exact) mass is 263 g/mol. The van der Waals surface area contributed by atoms with E-state index in [1.54, 1.807) is 0 Å². The summed E-state index contributed by atoms with van der Waals surface area (Å²) in [6, 6.07) is 4.10. The fourth-order valence-corrected chi connectivity index (χ4v) is 1.18. The molecule has 0 spiro atoms. The average molecular weight is 263 g/mol. The number of hydrogen-bond acceptors (Lipinski definition) is 4. The second-order valence-corrected chi connectivity index (χ2v) is 3.49.